The fourth-order valence-electron chi connectivity index (χ4n) is 1.83. The van der Waals surface area contributed by atoms with Crippen LogP contribution in [0.1, 0.15) is 26.3 Å². The number of hydrogen-bond acceptors (Lipinski definition) is 5. The second-order valence-electron chi connectivity index (χ2n) is 6.70. The van der Waals surface area contributed by atoms with Crippen molar-refractivity contribution in [2.75, 3.05) is 6.54 Å². The van der Waals surface area contributed by atoms with Crippen LogP contribution in [0.3, 0.4) is 0 Å². The first-order valence-corrected chi connectivity index (χ1v) is 7.55. The molecule has 124 valence electrons. The number of amides is 1. The third-order valence-corrected chi connectivity index (χ3v) is 3.54. The molecule has 7 nitrogen and oxygen atoms in total. The molecule has 1 amide bonds. The summed E-state index contributed by atoms with van der Waals surface area (Å²) in [5.41, 5.74) is 1.72. The summed E-state index contributed by atoms with van der Waals surface area (Å²) in [5, 5.41) is 24.6. The van der Waals surface area contributed by atoms with Crippen molar-refractivity contribution in [1.29, 1.82) is 0 Å². The standard InChI is InChI=1S/C16H23N5O2/c1-11-5-7-12(8-6-11)15-18-20-21(19-15)10-14(23)17-9-13(22)16(2,3)4/h5-8,13,22H,9-10H2,1-4H3,(H,17,23). The van der Waals surface area contributed by atoms with E-state index >= 15 is 0 Å². The molecule has 1 heterocycles. The number of tetrazole rings is 1. The lowest BCUT2D eigenvalue weighted by atomic mass is 9.89. The second kappa shape index (κ2) is 6.87. The van der Waals surface area contributed by atoms with Gasteiger partial charge in [0.15, 0.2) is 0 Å². The number of rotatable bonds is 5. The third-order valence-electron chi connectivity index (χ3n) is 3.54. The second-order valence-corrected chi connectivity index (χ2v) is 6.70. The molecule has 0 saturated heterocycles. The highest BCUT2D eigenvalue weighted by Crippen LogP contribution is 2.18. The Bertz CT molecular complexity index is 658. The molecule has 2 aromatic rings. The molecule has 1 unspecified atom stereocenters. The molecule has 2 N–H and O–H groups in total. The highest BCUT2D eigenvalue weighted by atomic mass is 16.3. The van der Waals surface area contributed by atoms with Crippen molar-refractivity contribution in [3.63, 3.8) is 0 Å². The maximum Gasteiger partial charge on any atom is 0.243 e. The summed E-state index contributed by atoms with van der Waals surface area (Å²) >= 11 is 0. The first-order chi connectivity index (χ1) is 10.8. The molecule has 2 rings (SSSR count). The van der Waals surface area contributed by atoms with Crippen molar-refractivity contribution in [3.05, 3.63) is 29.8 Å². The predicted octanol–water partition coefficient (Wildman–Crippen LogP) is 1.17. The highest BCUT2D eigenvalue weighted by Gasteiger charge is 2.22. The molecule has 0 aliphatic carbocycles. The topological polar surface area (TPSA) is 92.9 Å². The van der Waals surface area contributed by atoms with Gasteiger partial charge in [-0.2, -0.15) is 4.80 Å². The maximum absolute atomic E-state index is 11.9. The molecule has 0 bridgehead atoms. The van der Waals surface area contributed by atoms with Gasteiger partial charge in [-0.1, -0.05) is 50.6 Å². The number of aliphatic hydroxyl groups is 1. The van der Waals surface area contributed by atoms with Gasteiger partial charge in [0, 0.05) is 12.1 Å². The van der Waals surface area contributed by atoms with E-state index in [-0.39, 0.29) is 24.4 Å². The van der Waals surface area contributed by atoms with Crippen molar-refractivity contribution >= 4 is 5.91 Å². The lowest BCUT2D eigenvalue weighted by Crippen LogP contribution is -2.40. The summed E-state index contributed by atoms with van der Waals surface area (Å²) < 4.78 is 0. The van der Waals surface area contributed by atoms with Crippen LogP contribution in [-0.4, -0.2) is 43.9 Å². The van der Waals surface area contributed by atoms with Crippen molar-refractivity contribution in [2.24, 2.45) is 5.41 Å². The van der Waals surface area contributed by atoms with Gasteiger partial charge in [0.25, 0.3) is 0 Å². The fourth-order valence-corrected chi connectivity index (χ4v) is 1.83. The van der Waals surface area contributed by atoms with Gasteiger partial charge >= 0.3 is 0 Å². The van der Waals surface area contributed by atoms with Crippen molar-refractivity contribution in [3.8, 4) is 11.4 Å². The highest BCUT2D eigenvalue weighted by molar-refractivity contribution is 5.75. The smallest absolute Gasteiger partial charge is 0.243 e. The largest absolute Gasteiger partial charge is 0.391 e. The molecule has 1 atom stereocenters. The Hall–Kier alpha value is -2.28. The molecule has 7 heteroatoms. The number of aromatic nitrogens is 4. The minimum Gasteiger partial charge on any atom is -0.391 e. The normalized spacial score (nSPS) is 12.9. The molecule has 0 saturated carbocycles. The summed E-state index contributed by atoms with van der Waals surface area (Å²) in [7, 11) is 0. The number of aliphatic hydroxyl groups excluding tert-OH is 1. The van der Waals surface area contributed by atoms with Crippen molar-refractivity contribution in [1.82, 2.24) is 25.5 Å². The van der Waals surface area contributed by atoms with E-state index in [0.29, 0.717) is 5.82 Å². The van der Waals surface area contributed by atoms with Gasteiger partial charge in [-0.05, 0) is 17.6 Å². The third kappa shape index (κ3) is 4.85. The van der Waals surface area contributed by atoms with Gasteiger partial charge in [-0.15, -0.1) is 10.2 Å². The Kier molecular flexibility index (Phi) is 5.10. The zero-order chi connectivity index (χ0) is 17.0. The number of nitrogens with zero attached hydrogens (tertiary/aromatic N) is 4. The van der Waals surface area contributed by atoms with Crippen LogP contribution in [0, 0.1) is 12.3 Å². The van der Waals surface area contributed by atoms with E-state index in [0.717, 1.165) is 11.1 Å². The van der Waals surface area contributed by atoms with Crippen LogP contribution in [0.4, 0.5) is 0 Å². The average Bonchev–Trinajstić information content (AvgIpc) is 2.93. The molecular formula is C16H23N5O2. The first-order valence-electron chi connectivity index (χ1n) is 7.55. The molecule has 0 radical (unpaired) electrons. The van der Waals surface area contributed by atoms with Gasteiger partial charge < -0.3 is 10.4 Å². The van der Waals surface area contributed by atoms with Crippen LogP contribution in [-0.2, 0) is 11.3 Å². The van der Waals surface area contributed by atoms with Crippen LogP contribution < -0.4 is 5.32 Å². The number of hydrogen-bond donors (Lipinski definition) is 2. The summed E-state index contributed by atoms with van der Waals surface area (Å²) in [6.45, 7) is 7.91. The number of nitrogens with one attached hydrogen (secondary N) is 1. The Morgan fingerprint density at radius 1 is 1.30 bits per heavy atom. The number of aryl methyl sites for hydroxylation is 1. The number of carbonyl (C=O) groups excluding carboxylic acids is 1. The lowest BCUT2D eigenvalue weighted by Gasteiger charge is -2.25. The summed E-state index contributed by atoms with van der Waals surface area (Å²) in [6.07, 6.45) is -0.613. The van der Waals surface area contributed by atoms with E-state index < -0.39 is 6.10 Å². The zero-order valence-electron chi connectivity index (χ0n) is 13.9. The summed E-state index contributed by atoms with van der Waals surface area (Å²) in [4.78, 5) is 13.1. The molecule has 23 heavy (non-hydrogen) atoms. The summed E-state index contributed by atoms with van der Waals surface area (Å²) in [5.74, 6) is 0.216. The van der Waals surface area contributed by atoms with E-state index in [1.165, 1.54) is 4.80 Å². The summed E-state index contributed by atoms with van der Waals surface area (Å²) in [6, 6.07) is 7.76. The van der Waals surface area contributed by atoms with Crippen LogP contribution in [0.5, 0.6) is 0 Å². The van der Waals surface area contributed by atoms with Gasteiger partial charge in [-0.25, -0.2) is 0 Å². The lowest BCUT2D eigenvalue weighted by molar-refractivity contribution is -0.122. The van der Waals surface area contributed by atoms with Crippen LogP contribution in [0.25, 0.3) is 11.4 Å². The minimum atomic E-state index is -0.613. The van der Waals surface area contributed by atoms with Gasteiger partial charge in [0.2, 0.25) is 11.7 Å². The Balaban J connectivity index is 1.91. The van der Waals surface area contributed by atoms with E-state index in [9.17, 15) is 9.90 Å². The molecule has 1 aromatic heterocycles. The Morgan fingerprint density at radius 3 is 2.57 bits per heavy atom. The molecule has 1 aromatic carbocycles. The molecule has 0 aliphatic rings. The Labute approximate surface area is 135 Å². The predicted molar refractivity (Wildman–Crippen MR) is 86.5 cm³/mol. The Morgan fingerprint density at radius 2 is 1.96 bits per heavy atom. The fraction of sp³-hybridized carbons (Fsp3) is 0.500. The minimum absolute atomic E-state index is 0.0320. The number of carbonyl (C=O) groups is 1. The molecule has 0 aliphatic heterocycles. The zero-order valence-corrected chi connectivity index (χ0v) is 13.9. The van der Waals surface area contributed by atoms with Crippen molar-refractivity contribution < 1.29 is 9.90 Å². The van der Waals surface area contributed by atoms with Crippen LogP contribution >= 0.6 is 0 Å². The van der Waals surface area contributed by atoms with Crippen LogP contribution in [0.2, 0.25) is 0 Å². The van der Waals surface area contributed by atoms with Crippen molar-refractivity contribution in [2.45, 2.75) is 40.3 Å². The monoisotopic (exact) mass is 317 g/mol. The number of benzene rings is 1. The average molecular weight is 317 g/mol. The van der Waals surface area contributed by atoms with Gasteiger partial charge in [0.05, 0.1) is 6.10 Å². The van der Waals surface area contributed by atoms with E-state index in [2.05, 4.69) is 20.7 Å². The SMILES string of the molecule is Cc1ccc(-c2nnn(CC(=O)NCC(O)C(C)(C)C)n2)cc1. The molecule has 0 fully saturated rings. The van der Waals surface area contributed by atoms with Crippen LogP contribution in [0.15, 0.2) is 24.3 Å². The van der Waals surface area contributed by atoms with Gasteiger partial charge in [-0.3, -0.25) is 4.79 Å². The van der Waals surface area contributed by atoms with E-state index in [4.69, 9.17) is 0 Å². The first kappa shape index (κ1) is 17.1. The maximum atomic E-state index is 11.9. The molecular weight excluding hydrogens is 294 g/mol. The quantitative estimate of drug-likeness (QED) is 0.863. The van der Waals surface area contributed by atoms with E-state index in [1.54, 1.807) is 0 Å². The molecule has 0 spiro atoms. The van der Waals surface area contributed by atoms with Gasteiger partial charge in [0.1, 0.15) is 6.54 Å². The van der Waals surface area contributed by atoms with E-state index in [1.807, 2.05) is 52.0 Å².